The molecular weight excluding hydrogens is 283 g/mol. The molecule has 2 unspecified atom stereocenters. The Labute approximate surface area is 117 Å². The number of amides is 2. The van der Waals surface area contributed by atoms with Gasteiger partial charge in [-0.2, -0.15) is 4.62 Å². The van der Waals surface area contributed by atoms with Gasteiger partial charge < -0.3 is 15.0 Å². The first-order chi connectivity index (χ1) is 9.51. The van der Waals surface area contributed by atoms with Crippen molar-refractivity contribution in [1.82, 2.24) is 5.48 Å². The molecule has 0 aliphatic heterocycles. The maximum absolute atomic E-state index is 12.6. The Kier molecular flexibility index (Phi) is 6.51. The molecule has 1 rings (SSSR count). The summed E-state index contributed by atoms with van der Waals surface area (Å²) in [6.45, 7) is 3.58. The molecule has 1 aromatic rings. The number of carbonyl (C=O) groups is 1. The van der Waals surface area contributed by atoms with Gasteiger partial charge in [-0.25, -0.2) is 10.3 Å². The third kappa shape index (κ3) is 4.85. The second-order valence-electron chi connectivity index (χ2n) is 3.81. The molecule has 0 spiro atoms. The predicted octanol–water partition coefficient (Wildman–Crippen LogP) is 2.63. The maximum Gasteiger partial charge on any atom is 0.391 e. The lowest BCUT2D eigenvalue weighted by atomic mass is 10.3. The van der Waals surface area contributed by atoms with Gasteiger partial charge in [0.15, 0.2) is 0 Å². The minimum absolute atomic E-state index is 0.145. The SMILES string of the molecule is CCOP(=O)(ONC(N)=O)C(CC)Oc1ccccc1. The Hall–Kier alpha value is -1.56. The van der Waals surface area contributed by atoms with Crippen molar-refractivity contribution in [3.05, 3.63) is 30.3 Å². The number of ether oxygens (including phenoxy) is 1. The first-order valence-electron chi connectivity index (χ1n) is 6.21. The zero-order chi connectivity index (χ0) is 15.0. The zero-order valence-corrected chi connectivity index (χ0v) is 12.3. The van der Waals surface area contributed by atoms with Crippen molar-refractivity contribution < 1.29 is 23.2 Å². The van der Waals surface area contributed by atoms with E-state index in [1.54, 1.807) is 38.1 Å². The van der Waals surface area contributed by atoms with E-state index in [0.717, 1.165) is 0 Å². The van der Waals surface area contributed by atoms with Crippen LogP contribution in [0.4, 0.5) is 4.79 Å². The monoisotopic (exact) mass is 302 g/mol. The third-order valence-electron chi connectivity index (χ3n) is 2.30. The summed E-state index contributed by atoms with van der Waals surface area (Å²) in [5.41, 5.74) is 6.74. The van der Waals surface area contributed by atoms with Crippen LogP contribution in [0.25, 0.3) is 0 Å². The molecule has 2 amide bonds. The highest BCUT2D eigenvalue weighted by Gasteiger charge is 2.38. The highest BCUT2D eigenvalue weighted by Crippen LogP contribution is 2.53. The normalized spacial score (nSPS) is 15.1. The van der Waals surface area contributed by atoms with E-state index in [1.165, 1.54) is 0 Å². The number of hydroxylamine groups is 1. The van der Waals surface area contributed by atoms with E-state index < -0.39 is 19.5 Å². The largest absolute Gasteiger partial charge is 0.478 e. The summed E-state index contributed by atoms with van der Waals surface area (Å²) in [7, 11) is -3.68. The molecule has 7 nitrogen and oxygen atoms in total. The number of rotatable bonds is 8. The Morgan fingerprint density at radius 3 is 2.50 bits per heavy atom. The van der Waals surface area contributed by atoms with Crippen LogP contribution >= 0.6 is 7.60 Å². The minimum Gasteiger partial charge on any atom is -0.478 e. The summed E-state index contributed by atoms with van der Waals surface area (Å²) in [4.78, 5) is 10.7. The van der Waals surface area contributed by atoms with E-state index in [4.69, 9.17) is 19.6 Å². The van der Waals surface area contributed by atoms with Crippen molar-refractivity contribution in [3.63, 3.8) is 0 Å². The molecule has 0 saturated carbocycles. The number of nitrogens with one attached hydrogen (secondary N) is 1. The second kappa shape index (κ2) is 7.89. The highest BCUT2D eigenvalue weighted by atomic mass is 31.2. The fourth-order valence-electron chi connectivity index (χ4n) is 1.48. The number of benzene rings is 1. The van der Waals surface area contributed by atoms with Gasteiger partial charge in [0, 0.05) is 0 Å². The van der Waals surface area contributed by atoms with Gasteiger partial charge >= 0.3 is 13.6 Å². The lowest BCUT2D eigenvalue weighted by Crippen LogP contribution is -2.31. The van der Waals surface area contributed by atoms with Gasteiger partial charge in [0.05, 0.1) is 6.61 Å². The first-order valence-corrected chi connectivity index (χ1v) is 7.83. The van der Waals surface area contributed by atoms with Crippen LogP contribution < -0.4 is 16.0 Å². The zero-order valence-electron chi connectivity index (χ0n) is 11.4. The molecule has 20 heavy (non-hydrogen) atoms. The van der Waals surface area contributed by atoms with Gasteiger partial charge in [-0.1, -0.05) is 25.1 Å². The van der Waals surface area contributed by atoms with Crippen molar-refractivity contribution in [2.24, 2.45) is 5.73 Å². The fourth-order valence-corrected chi connectivity index (χ4v) is 3.10. The number of hydrogen-bond donors (Lipinski definition) is 2. The number of hydrogen-bond acceptors (Lipinski definition) is 5. The summed E-state index contributed by atoms with van der Waals surface area (Å²) in [6.07, 6.45) is 0.368. The number of primary amides is 1. The van der Waals surface area contributed by atoms with Crippen molar-refractivity contribution in [2.75, 3.05) is 6.61 Å². The standard InChI is InChI=1S/C12H19N2O5P/c1-3-11(18-10-8-6-5-7-9-10)20(16,17-4-2)19-14-12(13)15/h5-9,11H,3-4H2,1-2H3,(H3,13,14,15). The molecule has 2 atom stereocenters. The fraction of sp³-hybridized carbons (Fsp3) is 0.417. The van der Waals surface area contributed by atoms with E-state index in [-0.39, 0.29) is 6.61 Å². The quantitative estimate of drug-likeness (QED) is 0.568. The molecule has 8 heteroatoms. The molecular formula is C12H19N2O5P. The molecule has 3 N–H and O–H groups in total. The van der Waals surface area contributed by atoms with Crippen LogP contribution in [-0.2, 0) is 13.7 Å². The highest BCUT2D eigenvalue weighted by molar-refractivity contribution is 7.54. The number of para-hydroxylation sites is 1. The van der Waals surface area contributed by atoms with E-state index in [0.29, 0.717) is 12.2 Å². The molecule has 0 aliphatic rings. The molecule has 0 radical (unpaired) electrons. The van der Waals surface area contributed by atoms with Gasteiger partial charge in [-0.3, -0.25) is 4.57 Å². The van der Waals surface area contributed by atoms with Crippen LogP contribution in [0.2, 0.25) is 0 Å². The summed E-state index contributed by atoms with van der Waals surface area (Å²) < 4.78 is 28.2. The summed E-state index contributed by atoms with van der Waals surface area (Å²) in [6, 6.07) is 7.90. The first kappa shape index (κ1) is 16.5. The van der Waals surface area contributed by atoms with E-state index >= 15 is 0 Å². The lowest BCUT2D eigenvalue weighted by molar-refractivity contribution is 0.118. The average molecular weight is 302 g/mol. The van der Waals surface area contributed by atoms with E-state index in [1.807, 2.05) is 11.5 Å². The van der Waals surface area contributed by atoms with Crippen LogP contribution in [0.15, 0.2) is 30.3 Å². The number of carbonyl (C=O) groups excluding carboxylic acids is 1. The molecule has 0 bridgehead atoms. The summed E-state index contributed by atoms with van der Waals surface area (Å²) in [5.74, 6) is -0.321. The summed E-state index contributed by atoms with van der Waals surface area (Å²) >= 11 is 0. The van der Waals surface area contributed by atoms with Crippen LogP contribution in [0, 0.1) is 0 Å². The van der Waals surface area contributed by atoms with E-state index in [9.17, 15) is 9.36 Å². The maximum atomic E-state index is 12.6. The lowest BCUT2D eigenvalue weighted by Gasteiger charge is -2.25. The third-order valence-corrected chi connectivity index (χ3v) is 4.44. The van der Waals surface area contributed by atoms with Gasteiger partial charge in [-0.05, 0) is 25.5 Å². The molecule has 112 valence electrons. The number of nitrogens with two attached hydrogens (primary N) is 1. The Morgan fingerprint density at radius 2 is 2.00 bits per heavy atom. The van der Waals surface area contributed by atoms with Crippen LogP contribution in [-0.4, -0.2) is 18.5 Å². The van der Waals surface area contributed by atoms with Gasteiger partial charge in [0.1, 0.15) is 5.75 Å². The molecule has 0 aromatic heterocycles. The van der Waals surface area contributed by atoms with Crippen molar-refractivity contribution in [3.8, 4) is 5.75 Å². The van der Waals surface area contributed by atoms with Crippen molar-refractivity contribution >= 4 is 13.6 Å². The topological polar surface area (TPSA) is 99.9 Å². The van der Waals surface area contributed by atoms with Crippen molar-refractivity contribution in [1.29, 1.82) is 0 Å². The average Bonchev–Trinajstić information content (AvgIpc) is 2.44. The van der Waals surface area contributed by atoms with Crippen molar-refractivity contribution in [2.45, 2.75) is 26.1 Å². The van der Waals surface area contributed by atoms with E-state index in [2.05, 4.69) is 0 Å². The second-order valence-corrected chi connectivity index (χ2v) is 5.91. The summed E-state index contributed by atoms with van der Waals surface area (Å²) in [5, 5.41) is 0. The minimum atomic E-state index is -3.68. The smallest absolute Gasteiger partial charge is 0.391 e. The Bertz CT molecular complexity index is 468. The molecule has 1 aromatic carbocycles. The Morgan fingerprint density at radius 1 is 1.35 bits per heavy atom. The molecule has 0 fully saturated rings. The van der Waals surface area contributed by atoms with Crippen LogP contribution in [0.1, 0.15) is 20.3 Å². The van der Waals surface area contributed by atoms with Gasteiger partial charge in [0.25, 0.3) is 0 Å². The van der Waals surface area contributed by atoms with Gasteiger partial charge in [0.2, 0.25) is 5.85 Å². The number of urea groups is 1. The molecule has 0 heterocycles. The van der Waals surface area contributed by atoms with Crippen LogP contribution in [0.5, 0.6) is 5.75 Å². The van der Waals surface area contributed by atoms with Gasteiger partial charge in [-0.15, -0.1) is 0 Å². The molecule has 0 aliphatic carbocycles. The molecule has 0 saturated heterocycles. The Balaban J connectivity index is 2.85. The predicted molar refractivity (Wildman–Crippen MR) is 74.2 cm³/mol. The van der Waals surface area contributed by atoms with Crippen LogP contribution in [0.3, 0.4) is 0 Å².